The van der Waals surface area contributed by atoms with Gasteiger partial charge in [-0.3, -0.25) is 9.59 Å². The highest BCUT2D eigenvalue weighted by Crippen LogP contribution is 2.59. The molecule has 2 aliphatic heterocycles. The van der Waals surface area contributed by atoms with Crippen LogP contribution < -0.4 is 0 Å². The maximum Gasteiger partial charge on any atom is 0.410 e. The number of likely N-dealkylation sites (tertiary alicyclic amines) is 1. The van der Waals surface area contributed by atoms with Crippen molar-refractivity contribution < 1.29 is 28.8 Å². The second kappa shape index (κ2) is 5.55. The number of fused-ring (bicyclic) bond motifs is 1. The summed E-state index contributed by atoms with van der Waals surface area (Å²) in [5.74, 6) is -2.32. The molecule has 0 N–H and O–H groups in total. The van der Waals surface area contributed by atoms with E-state index in [4.69, 9.17) is 9.57 Å². The number of hydroxylamine groups is 2. The lowest BCUT2D eigenvalue weighted by Gasteiger charge is -2.40. The summed E-state index contributed by atoms with van der Waals surface area (Å²) in [7, 11) is 0. The molecule has 1 saturated heterocycles. The molecule has 1 aromatic carbocycles. The van der Waals surface area contributed by atoms with Crippen molar-refractivity contribution in [2.24, 2.45) is 11.3 Å². The number of nitrogens with zero attached hydrogens (tertiary/aromatic N) is 2. The standard InChI is InChI=1S/C19H20N2O6/c1-18(2,3)26-17(25)20-9-19(10-20)8-13(19)16(24)27-21-14(22)11-6-4-5-7-12(11)15(21)23/h4-7,13H,8-10H2,1-3H3. The van der Waals surface area contributed by atoms with E-state index in [1.807, 2.05) is 0 Å². The molecule has 1 spiro atoms. The van der Waals surface area contributed by atoms with Gasteiger partial charge in [0.1, 0.15) is 5.60 Å². The highest BCUT2D eigenvalue weighted by atomic mass is 16.7. The maximum absolute atomic E-state index is 12.4. The number of hydrogen-bond acceptors (Lipinski definition) is 6. The Bertz CT molecular complexity index is 830. The van der Waals surface area contributed by atoms with E-state index in [-0.39, 0.29) is 16.5 Å². The fourth-order valence-corrected chi connectivity index (χ4v) is 3.60. The molecule has 2 heterocycles. The summed E-state index contributed by atoms with van der Waals surface area (Å²) in [6.07, 6.45) is 0.154. The molecule has 3 amide bonds. The minimum absolute atomic E-state index is 0.223. The molecule has 27 heavy (non-hydrogen) atoms. The minimum Gasteiger partial charge on any atom is -0.444 e. The van der Waals surface area contributed by atoms with Crippen LogP contribution in [0.3, 0.4) is 0 Å². The summed E-state index contributed by atoms with van der Waals surface area (Å²) in [4.78, 5) is 55.6. The van der Waals surface area contributed by atoms with Crippen LogP contribution in [-0.2, 0) is 14.4 Å². The van der Waals surface area contributed by atoms with Gasteiger partial charge in [-0.25, -0.2) is 9.59 Å². The minimum atomic E-state index is -0.636. The Balaban J connectivity index is 1.34. The first-order valence-corrected chi connectivity index (χ1v) is 8.79. The first-order valence-electron chi connectivity index (χ1n) is 8.79. The summed E-state index contributed by atoms with van der Waals surface area (Å²) in [5, 5.41) is 0.531. The van der Waals surface area contributed by atoms with Crippen LogP contribution in [0.5, 0.6) is 0 Å². The number of benzene rings is 1. The Morgan fingerprint density at radius 2 is 1.63 bits per heavy atom. The van der Waals surface area contributed by atoms with E-state index in [0.29, 0.717) is 24.6 Å². The SMILES string of the molecule is CC(C)(C)OC(=O)N1CC2(CC2C(=O)ON2C(=O)c3ccccc3C2=O)C1. The Morgan fingerprint density at radius 1 is 1.07 bits per heavy atom. The number of carbonyl (C=O) groups excluding carboxylic acids is 4. The number of ether oxygens (including phenoxy) is 1. The molecule has 0 aromatic heterocycles. The third-order valence-corrected chi connectivity index (χ3v) is 5.08. The smallest absolute Gasteiger partial charge is 0.410 e. The zero-order valence-corrected chi connectivity index (χ0v) is 15.4. The molecular weight excluding hydrogens is 352 g/mol. The molecule has 142 valence electrons. The van der Waals surface area contributed by atoms with Gasteiger partial charge in [-0.15, -0.1) is 0 Å². The van der Waals surface area contributed by atoms with Crippen molar-refractivity contribution in [3.8, 4) is 0 Å². The Hall–Kier alpha value is -2.90. The van der Waals surface area contributed by atoms with Crippen molar-refractivity contribution in [3.05, 3.63) is 35.4 Å². The molecule has 8 heteroatoms. The van der Waals surface area contributed by atoms with E-state index in [2.05, 4.69) is 0 Å². The Kier molecular flexibility index (Phi) is 3.60. The van der Waals surface area contributed by atoms with Gasteiger partial charge >= 0.3 is 12.1 Å². The molecule has 1 saturated carbocycles. The molecule has 1 aliphatic carbocycles. The topological polar surface area (TPSA) is 93.2 Å². The van der Waals surface area contributed by atoms with E-state index >= 15 is 0 Å². The normalized spacial score (nSPS) is 22.4. The molecule has 0 radical (unpaired) electrons. The van der Waals surface area contributed by atoms with Gasteiger partial charge in [0.15, 0.2) is 0 Å². The zero-order chi connectivity index (χ0) is 19.6. The second-order valence-corrected chi connectivity index (χ2v) is 8.32. The predicted octanol–water partition coefficient (Wildman–Crippen LogP) is 2.00. The van der Waals surface area contributed by atoms with Crippen LogP contribution in [0.4, 0.5) is 4.79 Å². The van der Waals surface area contributed by atoms with Crippen molar-refractivity contribution >= 4 is 23.9 Å². The number of imide groups is 1. The summed E-state index contributed by atoms with van der Waals surface area (Å²) in [5.41, 5.74) is -0.457. The molecule has 0 bridgehead atoms. The molecular formula is C19H20N2O6. The van der Waals surface area contributed by atoms with Gasteiger partial charge in [0.2, 0.25) is 0 Å². The zero-order valence-electron chi connectivity index (χ0n) is 15.4. The van der Waals surface area contributed by atoms with E-state index < -0.39 is 35.4 Å². The molecule has 3 aliphatic rings. The summed E-state index contributed by atoms with van der Waals surface area (Å²) in [6.45, 7) is 6.19. The van der Waals surface area contributed by atoms with Gasteiger partial charge in [0, 0.05) is 18.5 Å². The highest BCUT2D eigenvalue weighted by Gasteiger charge is 2.67. The van der Waals surface area contributed by atoms with Crippen LogP contribution in [0.2, 0.25) is 0 Å². The van der Waals surface area contributed by atoms with Crippen LogP contribution in [0.25, 0.3) is 0 Å². The van der Waals surface area contributed by atoms with Gasteiger partial charge in [-0.05, 0) is 39.3 Å². The Morgan fingerprint density at radius 3 is 2.15 bits per heavy atom. The summed E-state index contributed by atoms with van der Waals surface area (Å²) in [6, 6.07) is 6.33. The van der Waals surface area contributed by atoms with Crippen LogP contribution in [0.15, 0.2) is 24.3 Å². The number of carbonyl (C=O) groups is 4. The molecule has 4 rings (SSSR count). The highest BCUT2D eigenvalue weighted by molar-refractivity contribution is 6.20. The largest absolute Gasteiger partial charge is 0.444 e. The number of rotatable bonds is 2. The monoisotopic (exact) mass is 372 g/mol. The van der Waals surface area contributed by atoms with Gasteiger partial charge in [0.05, 0.1) is 17.0 Å². The van der Waals surface area contributed by atoms with E-state index in [9.17, 15) is 19.2 Å². The summed E-state index contributed by atoms with van der Waals surface area (Å²) < 4.78 is 5.30. The van der Waals surface area contributed by atoms with Crippen LogP contribution >= 0.6 is 0 Å². The number of hydrogen-bond donors (Lipinski definition) is 0. The van der Waals surface area contributed by atoms with Crippen molar-refractivity contribution in [1.82, 2.24) is 9.96 Å². The lowest BCUT2D eigenvalue weighted by Crippen LogP contribution is -2.54. The average Bonchev–Trinajstić information content (AvgIpc) is 3.27. The van der Waals surface area contributed by atoms with Gasteiger partial charge in [-0.2, -0.15) is 0 Å². The first kappa shape index (κ1) is 17.5. The van der Waals surface area contributed by atoms with Crippen LogP contribution in [0.1, 0.15) is 47.9 Å². The van der Waals surface area contributed by atoms with Gasteiger partial charge < -0.3 is 14.5 Å². The molecule has 1 atom stereocenters. The lowest BCUT2D eigenvalue weighted by molar-refractivity contribution is -0.172. The van der Waals surface area contributed by atoms with Crippen molar-refractivity contribution in [1.29, 1.82) is 0 Å². The third kappa shape index (κ3) is 2.85. The number of amides is 3. The predicted molar refractivity (Wildman–Crippen MR) is 91.4 cm³/mol. The van der Waals surface area contributed by atoms with Crippen LogP contribution in [-0.4, -0.2) is 52.5 Å². The second-order valence-electron chi connectivity index (χ2n) is 8.32. The fourth-order valence-electron chi connectivity index (χ4n) is 3.60. The van der Waals surface area contributed by atoms with E-state index in [1.165, 1.54) is 12.1 Å². The third-order valence-electron chi connectivity index (χ3n) is 5.08. The van der Waals surface area contributed by atoms with Crippen molar-refractivity contribution in [3.63, 3.8) is 0 Å². The molecule has 8 nitrogen and oxygen atoms in total. The molecule has 2 fully saturated rings. The maximum atomic E-state index is 12.4. The fraction of sp³-hybridized carbons (Fsp3) is 0.474. The van der Waals surface area contributed by atoms with Crippen LogP contribution in [0, 0.1) is 11.3 Å². The quantitative estimate of drug-likeness (QED) is 0.737. The van der Waals surface area contributed by atoms with Gasteiger partial charge in [-0.1, -0.05) is 17.2 Å². The van der Waals surface area contributed by atoms with Gasteiger partial charge in [0.25, 0.3) is 11.8 Å². The van der Waals surface area contributed by atoms with Crippen molar-refractivity contribution in [2.45, 2.75) is 32.8 Å². The van der Waals surface area contributed by atoms with E-state index in [0.717, 1.165) is 0 Å². The summed E-state index contributed by atoms with van der Waals surface area (Å²) >= 11 is 0. The van der Waals surface area contributed by atoms with Crippen molar-refractivity contribution in [2.75, 3.05) is 13.1 Å². The average molecular weight is 372 g/mol. The Labute approximate surface area is 156 Å². The first-order chi connectivity index (χ1) is 12.6. The lowest BCUT2D eigenvalue weighted by atomic mass is 9.94. The molecule has 1 aromatic rings. The van der Waals surface area contributed by atoms with E-state index in [1.54, 1.807) is 37.8 Å². The molecule has 1 unspecified atom stereocenters.